The van der Waals surface area contributed by atoms with Gasteiger partial charge < -0.3 is 0 Å². The van der Waals surface area contributed by atoms with Crippen molar-refractivity contribution < 1.29 is 8.78 Å². The molecule has 2 rings (SSSR count). The molecule has 12 heavy (non-hydrogen) atoms. The van der Waals surface area contributed by atoms with Crippen molar-refractivity contribution in [3.05, 3.63) is 35.6 Å². The van der Waals surface area contributed by atoms with Gasteiger partial charge in [-0.2, -0.15) is 0 Å². The van der Waals surface area contributed by atoms with E-state index in [2.05, 4.69) is 15.9 Å². The van der Waals surface area contributed by atoms with Crippen molar-refractivity contribution in [2.24, 2.45) is 0 Å². The molecule has 0 radical (unpaired) electrons. The van der Waals surface area contributed by atoms with Gasteiger partial charge in [0.25, 0.3) is 0 Å². The molecule has 0 aromatic heterocycles. The summed E-state index contributed by atoms with van der Waals surface area (Å²) in [7, 11) is 0. The SMILES string of the molecule is Fc1ccccc1[C@H]1C[C@]1(F)Br. The van der Waals surface area contributed by atoms with Gasteiger partial charge in [-0.15, -0.1) is 0 Å². The first-order valence-corrected chi connectivity index (χ1v) is 4.53. The van der Waals surface area contributed by atoms with Crippen LogP contribution in [0.1, 0.15) is 17.9 Å². The van der Waals surface area contributed by atoms with Gasteiger partial charge in [0.1, 0.15) is 5.82 Å². The summed E-state index contributed by atoms with van der Waals surface area (Å²) >= 11 is 2.89. The molecule has 1 aliphatic carbocycles. The second kappa shape index (κ2) is 2.52. The van der Waals surface area contributed by atoms with Gasteiger partial charge >= 0.3 is 0 Å². The molecule has 1 aromatic carbocycles. The summed E-state index contributed by atoms with van der Waals surface area (Å²) in [4.78, 5) is 0. The minimum Gasteiger partial charge on any atom is -0.231 e. The second-order valence-electron chi connectivity index (χ2n) is 3.04. The Morgan fingerprint density at radius 2 is 2.00 bits per heavy atom. The zero-order valence-electron chi connectivity index (χ0n) is 6.23. The van der Waals surface area contributed by atoms with Crippen LogP contribution in [-0.2, 0) is 0 Å². The third-order valence-corrected chi connectivity index (χ3v) is 2.98. The van der Waals surface area contributed by atoms with E-state index in [1.165, 1.54) is 6.07 Å². The van der Waals surface area contributed by atoms with Crippen LogP contribution in [0.3, 0.4) is 0 Å². The van der Waals surface area contributed by atoms with E-state index < -0.39 is 4.58 Å². The summed E-state index contributed by atoms with van der Waals surface area (Å²) in [6.45, 7) is 0. The predicted molar refractivity (Wildman–Crippen MR) is 46.5 cm³/mol. The average molecular weight is 233 g/mol. The smallest absolute Gasteiger partial charge is 0.172 e. The Morgan fingerprint density at radius 3 is 2.50 bits per heavy atom. The van der Waals surface area contributed by atoms with Crippen molar-refractivity contribution in [3.63, 3.8) is 0 Å². The van der Waals surface area contributed by atoms with Gasteiger partial charge in [0, 0.05) is 12.3 Å². The van der Waals surface area contributed by atoms with Crippen LogP contribution in [0.15, 0.2) is 24.3 Å². The molecule has 1 aliphatic rings. The van der Waals surface area contributed by atoms with Crippen LogP contribution in [0.4, 0.5) is 8.78 Å². The van der Waals surface area contributed by atoms with Crippen molar-refractivity contribution in [1.82, 2.24) is 0 Å². The zero-order chi connectivity index (χ0) is 8.77. The summed E-state index contributed by atoms with van der Waals surface area (Å²) < 4.78 is 24.7. The number of hydrogen-bond donors (Lipinski definition) is 0. The maximum absolute atomic E-state index is 13.1. The molecule has 0 amide bonds. The Labute approximate surface area is 77.7 Å². The quantitative estimate of drug-likeness (QED) is 0.652. The van der Waals surface area contributed by atoms with E-state index in [-0.39, 0.29) is 11.7 Å². The monoisotopic (exact) mass is 232 g/mol. The number of halogens is 3. The van der Waals surface area contributed by atoms with E-state index in [0.29, 0.717) is 12.0 Å². The van der Waals surface area contributed by atoms with Gasteiger partial charge in [0.2, 0.25) is 0 Å². The van der Waals surface area contributed by atoms with E-state index in [0.717, 1.165) is 0 Å². The molecular weight excluding hydrogens is 226 g/mol. The van der Waals surface area contributed by atoms with Gasteiger partial charge in [-0.25, -0.2) is 8.78 Å². The summed E-state index contributed by atoms with van der Waals surface area (Å²) in [5.41, 5.74) is 0.469. The maximum atomic E-state index is 13.1. The topological polar surface area (TPSA) is 0 Å². The van der Waals surface area contributed by atoms with Crippen LogP contribution < -0.4 is 0 Å². The van der Waals surface area contributed by atoms with E-state index >= 15 is 0 Å². The largest absolute Gasteiger partial charge is 0.231 e. The molecule has 1 saturated carbocycles. The first-order valence-electron chi connectivity index (χ1n) is 3.73. The predicted octanol–water partition coefficient (Wildman–Crippen LogP) is 3.37. The Morgan fingerprint density at radius 1 is 1.42 bits per heavy atom. The molecular formula is C9H7BrF2. The minimum absolute atomic E-state index is 0.307. The van der Waals surface area contributed by atoms with Gasteiger partial charge in [-0.05, 0) is 27.6 Å². The number of rotatable bonds is 1. The fraction of sp³-hybridized carbons (Fsp3) is 0.333. The third kappa shape index (κ3) is 1.26. The van der Waals surface area contributed by atoms with Gasteiger partial charge in [-0.1, -0.05) is 18.2 Å². The van der Waals surface area contributed by atoms with E-state index in [1.807, 2.05) is 0 Å². The highest BCUT2D eigenvalue weighted by Crippen LogP contribution is 2.59. The Kier molecular flexibility index (Phi) is 1.72. The molecule has 0 saturated heterocycles. The van der Waals surface area contributed by atoms with Crippen molar-refractivity contribution in [1.29, 1.82) is 0 Å². The van der Waals surface area contributed by atoms with Crippen molar-refractivity contribution in [3.8, 4) is 0 Å². The molecule has 0 unspecified atom stereocenters. The lowest BCUT2D eigenvalue weighted by atomic mass is 10.1. The fourth-order valence-corrected chi connectivity index (χ4v) is 1.88. The lowest BCUT2D eigenvalue weighted by molar-refractivity contribution is 0.432. The number of hydrogen-bond acceptors (Lipinski definition) is 0. The molecule has 64 valence electrons. The molecule has 0 bridgehead atoms. The van der Waals surface area contributed by atoms with Crippen LogP contribution in [-0.4, -0.2) is 4.58 Å². The summed E-state index contributed by atoms with van der Waals surface area (Å²) in [5, 5.41) is 0. The summed E-state index contributed by atoms with van der Waals surface area (Å²) in [6, 6.07) is 6.31. The molecule has 0 spiro atoms. The van der Waals surface area contributed by atoms with Gasteiger partial charge in [-0.3, -0.25) is 0 Å². The molecule has 1 aromatic rings. The van der Waals surface area contributed by atoms with E-state index in [4.69, 9.17) is 0 Å². The van der Waals surface area contributed by atoms with E-state index in [9.17, 15) is 8.78 Å². The van der Waals surface area contributed by atoms with Crippen LogP contribution in [0.5, 0.6) is 0 Å². The Bertz CT molecular complexity index is 309. The van der Waals surface area contributed by atoms with Crippen molar-refractivity contribution >= 4 is 15.9 Å². The van der Waals surface area contributed by atoms with Crippen molar-refractivity contribution in [2.75, 3.05) is 0 Å². The molecule has 3 heteroatoms. The molecule has 0 nitrogen and oxygen atoms in total. The summed E-state index contributed by atoms with van der Waals surface area (Å²) in [6.07, 6.45) is 0.369. The zero-order valence-corrected chi connectivity index (χ0v) is 7.81. The van der Waals surface area contributed by atoms with Gasteiger partial charge in [0.15, 0.2) is 4.58 Å². The maximum Gasteiger partial charge on any atom is 0.172 e. The van der Waals surface area contributed by atoms with Crippen LogP contribution in [0.2, 0.25) is 0 Å². The number of alkyl halides is 2. The lowest BCUT2D eigenvalue weighted by Crippen LogP contribution is -1.93. The Hall–Kier alpha value is -0.440. The minimum atomic E-state index is -1.37. The lowest BCUT2D eigenvalue weighted by Gasteiger charge is -2.00. The first-order chi connectivity index (χ1) is 5.61. The van der Waals surface area contributed by atoms with E-state index in [1.54, 1.807) is 18.2 Å². The second-order valence-corrected chi connectivity index (χ2v) is 4.36. The molecule has 1 fully saturated rings. The molecule has 2 atom stereocenters. The highest BCUT2D eigenvalue weighted by Gasteiger charge is 2.55. The number of benzene rings is 1. The summed E-state index contributed by atoms with van der Waals surface area (Å²) in [5.74, 6) is -0.625. The van der Waals surface area contributed by atoms with Crippen LogP contribution in [0, 0.1) is 5.82 Å². The molecule has 0 N–H and O–H groups in total. The molecule has 0 aliphatic heterocycles. The van der Waals surface area contributed by atoms with Crippen molar-refractivity contribution in [2.45, 2.75) is 16.9 Å². The van der Waals surface area contributed by atoms with Crippen LogP contribution >= 0.6 is 15.9 Å². The molecule has 0 heterocycles. The first kappa shape index (κ1) is 8.17. The normalized spacial score (nSPS) is 33.4. The fourth-order valence-electron chi connectivity index (χ4n) is 1.31. The third-order valence-electron chi connectivity index (χ3n) is 2.11. The Balaban J connectivity index is 2.31. The average Bonchev–Trinajstić information content (AvgIpc) is 2.61. The van der Waals surface area contributed by atoms with Crippen LogP contribution in [0.25, 0.3) is 0 Å². The highest BCUT2D eigenvalue weighted by molar-refractivity contribution is 9.10. The van der Waals surface area contributed by atoms with Gasteiger partial charge in [0.05, 0.1) is 0 Å². The highest BCUT2D eigenvalue weighted by atomic mass is 79.9. The standard InChI is InChI=1S/C9H7BrF2/c10-9(12)5-7(9)6-3-1-2-4-8(6)11/h1-4,7H,5H2/t7-,9-/m1/s1.